The van der Waals surface area contributed by atoms with Crippen LogP contribution in [0.4, 0.5) is 4.79 Å². The van der Waals surface area contributed by atoms with Crippen molar-refractivity contribution in [3.05, 3.63) is 11.7 Å². The second kappa shape index (κ2) is 6.43. The van der Waals surface area contributed by atoms with Crippen molar-refractivity contribution in [2.45, 2.75) is 58.7 Å². The van der Waals surface area contributed by atoms with Crippen LogP contribution in [0.25, 0.3) is 0 Å². The molecule has 1 saturated heterocycles. The standard InChI is InChI=1S/C14H24N4O3/c1-10-16-12(21-17-10)9-15-11-5-7-18(8-6-11)13(19)20-14(2,3)4/h11,15H,5-9H2,1-4H3. The second-order valence-corrected chi connectivity index (χ2v) is 6.36. The molecule has 1 aliphatic rings. The Morgan fingerprint density at radius 1 is 1.43 bits per heavy atom. The Bertz CT molecular complexity index is 473. The van der Waals surface area contributed by atoms with Crippen LogP contribution in [0.3, 0.4) is 0 Å². The van der Waals surface area contributed by atoms with Gasteiger partial charge in [0.15, 0.2) is 5.82 Å². The van der Waals surface area contributed by atoms with Gasteiger partial charge in [-0.05, 0) is 40.5 Å². The molecule has 7 heteroatoms. The van der Waals surface area contributed by atoms with Gasteiger partial charge < -0.3 is 19.5 Å². The van der Waals surface area contributed by atoms with E-state index in [-0.39, 0.29) is 6.09 Å². The average molecular weight is 296 g/mol. The number of nitrogens with zero attached hydrogens (tertiary/aromatic N) is 3. The zero-order chi connectivity index (χ0) is 15.5. The molecule has 0 aliphatic carbocycles. The predicted octanol–water partition coefficient (Wildman–Crippen LogP) is 1.87. The van der Waals surface area contributed by atoms with E-state index in [4.69, 9.17) is 9.26 Å². The summed E-state index contributed by atoms with van der Waals surface area (Å²) in [5.74, 6) is 1.24. The van der Waals surface area contributed by atoms with Crippen LogP contribution in [0.2, 0.25) is 0 Å². The zero-order valence-corrected chi connectivity index (χ0v) is 13.2. The number of aromatic nitrogens is 2. The maximum atomic E-state index is 12.0. The number of piperidine rings is 1. The van der Waals surface area contributed by atoms with Crippen molar-refractivity contribution in [3.8, 4) is 0 Å². The molecule has 2 rings (SSSR count). The molecule has 1 aromatic heterocycles. The van der Waals surface area contributed by atoms with Crippen LogP contribution in [0, 0.1) is 6.92 Å². The normalized spacial score (nSPS) is 17.0. The first-order valence-corrected chi connectivity index (χ1v) is 7.34. The maximum absolute atomic E-state index is 12.0. The lowest BCUT2D eigenvalue weighted by Crippen LogP contribution is -2.46. The van der Waals surface area contributed by atoms with Gasteiger partial charge in [-0.25, -0.2) is 4.79 Å². The van der Waals surface area contributed by atoms with E-state index in [1.54, 1.807) is 11.8 Å². The molecule has 7 nitrogen and oxygen atoms in total. The van der Waals surface area contributed by atoms with Crippen LogP contribution in [-0.2, 0) is 11.3 Å². The molecule has 1 amide bonds. The van der Waals surface area contributed by atoms with Gasteiger partial charge in [-0.1, -0.05) is 5.16 Å². The Balaban J connectivity index is 1.72. The second-order valence-electron chi connectivity index (χ2n) is 6.36. The van der Waals surface area contributed by atoms with Crippen molar-refractivity contribution < 1.29 is 14.1 Å². The predicted molar refractivity (Wildman–Crippen MR) is 76.7 cm³/mol. The zero-order valence-electron chi connectivity index (χ0n) is 13.2. The third-order valence-electron chi connectivity index (χ3n) is 3.26. The molecule has 1 N–H and O–H groups in total. The highest BCUT2D eigenvalue weighted by molar-refractivity contribution is 5.68. The van der Waals surface area contributed by atoms with Crippen molar-refractivity contribution in [2.24, 2.45) is 0 Å². The minimum Gasteiger partial charge on any atom is -0.444 e. The van der Waals surface area contributed by atoms with Crippen LogP contribution in [-0.4, -0.2) is 45.9 Å². The lowest BCUT2D eigenvalue weighted by molar-refractivity contribution is 0.0197. The van der Waals surface area contributed by atoms with E-state index in [0.29, 0.717) is 37.4 Å². The number of aryl methyl sites for hydroxylation is 1. The molecule has 118 valence electrons. The first kappa shape index (κ1) is 15.8. The van der Waals surface area contributed by atoms with E-state index < -0.39 is 5.60 Å². The summed E-state index contributed by atoms with van der Waals surface area (Å²) in [7, 11) is 0. The average Bonchev–Trinajstić information content (AvgIpc) is 2.81. The topological polar surface area (TPSA) is 80.5 Å². The number of likely N-dealkylation sites (tertiary alicyclic amines) is 1. The Morgan fingerprint density at radius 3 is 2.62 bits per heavy atom. The van der Waals surface area contributed by atoms with E-state index in [1.807, 2.05) is 20.8 Å². The van der Waals surface area contributed by atoms with Gasteiger partial charge in [-0.2, -0.15) is 4.98 Å². The van der Waals surface area contributed by atoms with Crippen LogP contribution < -0.4 is 5.32 Å². The molecule has 0 radical (unpaired) electrons. The summed E-state index contributed by atoms with van der Waals surface area (Å²) in [6, 6.07) is 0.357. The monoisotopic (exact) mass is 296 g/mol. The fourth-order valence-corrected chi connectivity index (χ4v) is 2.24. The number of ether oxygens (including phenoxy) is 1. The molecular formula is C14H24N4O3. The molecule has 0 atom stereocenters. The van der Waals surface area contributed by atoms with Gasteiger partial charge in [0.2, 0.25) is 5.89 Å². The minimum atomic E-state index is -0.442. The van der Waals surface area contributed by atoms with Gasteiger partial charge in [0.1, 0.15) is 5.60 Å². The van der Waals surface area contributed by atoms with Gasteiger partial charge in [0.05, 0.1) is 6.54 Å². The van der Waals surface area contributed by atoms with Crippen LogP contribution in [0.5, 0.6) is 0 Å². The van der Waals surface area contributed by atoms with E-state index in [1.165, 1.54) is 0 Å². The SMILES string of the molecule is Cc1noc(CNC2CCN(C(=O)OC(C)(C)C)CC2)n1. The first-order chi connectivity index (χ1) is 9.83. The fourth-order valence-electron chi connectivity index (χ4n) is 2.24. The van der Waals surface area contributed by atoms with Crippen molar-refractivity contribution in [3.63, 3.8) is 0 Å². The van der Waals surface area contributed by atoms with E-state index in [9.17, 15) is 4.79 Å². The number of carbonyl (C=O) groups excluding carboxylic acids is 1. The van der Waals surface area contributed by atoms with E-state index in [0.717, 1.165) is 12.8 Å². The number of hydrogen-bond donors (Lipinski definition) is 1. The van der Waals surface area contributed by atoms with Crippen LogP contribution in [0.1, 0.15) is 45.3 Å². The molecule has 1 fully saturated rings. The molecule has 2 heterocycles. The van der Waals surface area contributed by atoms with Crippen LogP contribution >= 0.6 is 0 Å². The van der Waals surface area contributed by atoms with E-state index >= 15 is 0 Å². The summed E-state index contributed by atoms with van der Waals surface area (Å²) >= 11 is 0. The lowest BCUT2D eigenvalue weighted by Gasteiger charge is -2.33. The first-order valence-electron chi connectivity index (χ1n) is 7.34. The Labute approximate surface area is 125 Å². The van der Waals surface area contributed by atoms with Gasteiger partial charge in [0, 0.05) is 19.1 Å². The summed E-state index contributed by atoms with van der Waals surface area (Å²) in [6.07, 6.45) is 1.56. The highest BCUT2D eigenvalue weighted by Crippen LogP contribution is 2.15. The molecule has 0 unspecified atom stereocenters. The Kier molecular flexibility index (Phi) is 4.82. The lowest BCUT2D eigenvalue weighted by atomic mass is 10.1. The van der Waals surface area contributed by atoms with Crippen molar-refractivity contribution >= 4 is 6.09 Å². The molecule has 1 aromatic rings. The number of hydrogen-bond acceptors (Lipinski definition) is 6. The molecule has 0 saturated carbocycles. The smallest absolute Gasteiger partial charge is 0.410 e. The molecular weight excluding hydrogens is 272 g/mol. The van der Waals surface area contributed by atoms with Gasteiger partial charge >= 0.3 is 6.09 Å². The summed E-state index contributed by atoms with van der Waals surface area (Å²) in [6.45, 7) is 9.41. The van der Waals surface area contributed by atoms with Gasteiger partial charge in [-0.15, -0.1) is 0 Å². The minimum absolute atomic E-state index is 0.228. The summed E-state index contributed by atoms with van der Waals surface area (Å²) in [5.41, 5.74) is -0.442. The van der Waals surface area contributed by atoms with Crippen LogP contribution in [0.15, 0.2) is 4.52 Å². The van der Waals surface area contributed by atoms with Crippen molar-refractivity contribution in [1.82, 2.24) is 20.4 Å². The van der Waals surface area contributed by atoms with Crippen molar-refractivity contribution in [1.29, 1.82) is 0 Å². The fraction of sp³-hybridized carbons (Fsp3) is 0.786. The van der Waals surface area contributed by atoms with Gasteiger partial charge in [0.25, 0.3) is 0 Å². The van der Waals surface area contributed by atoms with Crippen molar-refractivity contribution in [2.75, 3.05) is 13.1 Å². The molecule has 21 heavy (non-hydrogen) atoms. The Morgan fingerprint density at radius 2 is 2.10 bits per heavy atom. The summed E-state index contributed by atoms with van der Waals surface area (Å²) in [5, 5.41) is 7.14. The number of carbonyl (C=O) groups is 1. The highest BCUT2D eigenvalue weighted by Gasteiger charge is 2.26. The molecule has 0 bridgehead atoms. The summed E-state index contributed by atoms with van der Waals surface area (Å²) in [4.78, 5) is 17.9. The highest BCUT2D eigenvalue weighted by atomic mass is 16.6. The molecule has 0 spiro atoms. The quantitative estimate of drug-likeness (QED) is 0.917. The third kappa shape index (κ3) is 5.00. The number of nitrogens with one attached hydrogen (secondary N) is 1. The van der Waals surface area contributed by atoms with Gasteiger partial charge in [-0.3, -0.25) is 0 Å². The number of amides is 1. The summed E-state index contributed by atoms with van der Waals surface area (Å²) < 4.78 is 10.4. The van der Waals surface area contributed by atoms with E-state index in [2.05, 4.69) is 15.5 Å². The maximum Gasteiger partial charge on any atom is 0.410 e. The Hall–Kier alpha value is -1.63. The molecule has 1 aliphatic heterocycles. The third-order valence-corrected chi connectivity index (χ3v) is 3.26. The number of rotatable bonds is 3. The molecule has 0 aromatic carbocycles. The largest absolute Gasteiger partial charge is 0.444 e.